The lowest BCUT2D eigenvalue weighted by atomic mass is 9.60. The SMILES string of the molecule is C=CC(=O)OC1(C=C)CCC(C)C2C(C(=O)O)=CC=CC21. The maximum absolute atomic E-state index is 11.7. The van der Waals surface area contributed by atoms with Crippen LogP contribution < -0.4 is 0 Å². The van der Waals surface area contributed by atoms with Crippen molar-refractivity contribution in [2.24, 2.45) is 17.8 Å². The second-order valence-electron chi connectivity index (χ2n) is 5.66. The van der Waals surface area contributed by atoms with Crippen molar-refractivity contribution in [3.05, 3.63) is 49.1 Å². The first-order valence-corrected chi connectivity index (χ1v) is 7.06. The molecule has 0 aromatic rings. The van der Waals surface area contributed by atoms with Crippen molar-refractivity contribution in [1.29, 1.82) is 0 Å². The smallest absolute Gasteiger partial charge is 0.331 e. The van der Waals surface area contributed by atoms with Crippen molar-refractivity contribution in [2.45, 2.75) is 25.4 Å². The highest BCUT2D eigenvalue weighted by molar-refractivity contribution is 5.88. The van der Waals surface area contributed by atoms with Crippen molar-refractivity contribution in [2.75, 3.05) is 0 Å². The third kappa shape index (κ3) is 2.58. The van der Waals surface area contributed by atoms with Gasteiger partial charge in [0.15, 0.2) is 0 Å². The lowest BCUT2D eigenvalue weighted by molar-refractivity contribution is -0.158. The van der Waals surface area contributed by atoms with Gasteiger partial charge in [0.2, 0.25) is 0 Å². The second kappa shape index (κ2) is 5.72. The normalized spacial score (nSPS) is 34.3. The summed E-state index contributed by atoms with van der Waals surface area (Å²) in [6.07, 6.45) is 9.44. The third-order valence-corrected chi connectivity index (χ3v) is 4.56. The Morgan fingerprint density at radius 1 is 1.48 bits per heavy atom. The zero-order chi connectivity index (χ0) is 15.6. The number of hydrogen-bond donors (Lipinski definition) is 1. The number of carbonyl (C=O) groups excluding carboxylic acids is 1. The van der Waals surface area contributed by atoms with E-state index in [1.54, 1.807) is 18.2 Å². The second-order valence-corrected chi connectivity index (χ2v) is 5.66. The molecule has 21 heavy (non-hydrogen) atoms. The Morgan fingerprint density at radius 3 is 2.76 bits per heavy atom. The number of hydrogen-bond acceptors (Lipinski definition) is 3. The molecule has 0 heterocycles. The number of aliphatic carboxylic acids is 1. The highest BCUT2D eigenvalue weighted by Crippen LogP contribution is 2.49. The number of esters is 1. The predicted octanol–water partition coefficient (Wildman–Crippen LogP) is 2.88. The molecule has 0 aromatic heterocycles. The molecule has 0 bridgehead atoms. The first-order valence-electron chi connectivity index (χ1n) is 7.06. The fraction of sp³-hybridized carbons (Fsp3) is 0.412. The fourth-order valence-corrected chi connectivity index (χ4v) is 3.47. The van der Waals surface area contributed by atoms with E-state index < -0.39 is 17.5 Å². The van der Waals surface area contributed by atoms with Crippen LogP contribution in [0.4, 0.5) is 0 Å². The van der Waals surface area contributed by atoms with Gasteiger partial charge in [-0.05, 0) is 24.8 Å². The standard InChI is InChI=1S/C17H20O4/c1-4-14(18)21-17(5-2)10-9-11(3)15-12(16(19)20)7-6-8-13(15)17/h4-8,11,13,15H,1-2,9-10H2,3H3,(H,19,20). The Morgan fingerprint density at radius 2 is 2.19 bits per heavy atom. The topological polar surface area (TPSA) is 63.6 Å². The molecule has 2 aliphatic carbocycles. The van der Waals surface area contributed by atoms with Gasteiger partial charge in [0.05, 0.1) is 0 Å². The van der Waals surface area contributed by atoms with E-state index in [2.05, 4.69) is 13.2 Å². The van der Waals surface area contributed by atoms with Crippen LogP contribution in [0.1, 0.15) is 19.8 Å². The largest absolute Gasteiger partial charge is 0.478 e. The number of allylic oxidation sites excluding steroid dienone is 2. The van der Waals surface area contributed by atoms with Gasteiger partial charge in [0, 0.05) is 23.5 Å². The van der Waals surface area contributed by atoms with Gasteiger partial charge in [-0.25, -0.2) is 9.59 Å². The molecule has 4 atom stereocenters. The average Bonchev–Trinajstić information content (AvgIpc) is 2.49. The van der Waals surface area contributed by atoms with E-state index in [-0.39, 0.29) is 17.8 Å². The Labute approximate surface area is 124 Å². The predicted molar refractivity (Wildman–Crippen MR) is 79.5 cm³/mol. The van der Waals surface area contributed by atoms with Gasteiger partial charge < -0.3 is 9.84 Å². The van der Waals surface area contributed by atoms with Gasteiger partial charge >= 0.3 is 11.9 Å². The summed E-state index contributed by atoms with van der Waals surface area (Å²) < 4.78 is 5.58. The molecule has 0 radical (unpaired) electrons. The van der Waals surface area contributed by atoms with Gasteiger partial charge in [0.25, 0.3) is 0 Å². The van der Waals surface area contributed by atoms with Crippen molar-refractivity contribution in [3.8, 4) is 0 Å². The minimum absolute atomic E-state index is 0.183. The fourth-order valence-electron chi connectivity index (χ4n) is 3.47. The summed E-state index contributed by atoms with van der Waals surface area (Å²) >= 11 is 0. The Bertz CT molecular complexity index is 543. The summed E-state index contributed by atoms with van der Waals surface area (Å²) in [5.41, 5.74) is -0.496. The molecule has 0 amide bonds. The van der Waals surface area contributed by atoms with E-state index in [9.17, 15) is 14.7 Å². The minimum Gasteiger partial charge on any atom is -0.478 e. The van der Waals surface area contributed by atoms with Crippen LogP contribution in [0, 0.1) is 17.8 Å². The van der Waals surface area contributed by atoms with Gasteiger partial charge in [-0.15, -0.1) is 0 Å². The van der Waals surface area contributed by atoms with Crippen LogP contribution in [0.3, 0.4) is 0 Å². The summed E-state index contributed by atoms with van der Waals surface area (Å²) in [6, 6.07) is 0. The number of ether oxygens (including phenoxy) is 1. The molecule has 4 unspecified atom stereocenters. The molecule has 0 aliphatic heterocycles. The van der Waals surface area contributed by atoms with Crippen LogP contribution in [-0.4, -0.2) is 22.6 Å². The van der Waals surface area contributed by atoms with E-state index in [1.165, 1.54) is 0 Å². The lowest BCUT2D eigenvalue weighted by Crippen LogP contribution is -2.50. The van der Waals surface area contributed by atoms with Gasteiger partial charge in [-0.3, -0.25) is 0 Å². The number of carbonyl (C=O) groups is 2. The molecule has 1 saturated carbocycles. The summed E-state index contributed by atoms with van der Waals surface area (Å²) in [5, 5.41) is 9.41. The molecule has 0 spiro atoms. The Balaban J connectivity index is 2.43. The van der Waals surface area contributed by atoms with E-state index in [1.807, 2.05) is 13.0 Å². The van der Waals surface area contributed by atoms with Crippen molar-refractivity contribution in [3.63, 3.8) is 0 Å². The van der Waals surface area contributed by atoms with Gasteiger partial charge in [0.1, 0.15) is 5.60 Å². The Kier molecular flexibility index (Phi) is 4.16. The number of fused-ring (bicyclic) bond motifs is 1. The highest BCUT2D eigenvalue weighted by atomic mass is 16.6. The van der Waals surface area contributed by atoms with Crippen molar-refractivity contribution in [1.82, 2.24) is 0 Å². The molecule has 0 saturated heterocycles. The van der Waals surface area contributed by atoms with E-state index in [0.29, 0.717) is 12.0 Å². The van der Waals surface area contributed by atoms with Crippen LogP contribution in [0.2, 0.25) is 0 Å². The monoisotopic (exact) mass is 288 g/mol. The van der Waals surface area contributed by atoms with Gasteiger partial charge in [-0.1, -0.05) is 38.3 Å². The van der Waals surface area contributed by atoms with Crippen LogP contribution in [0.5, 0.6) is 0 Å². The molecule has 1 N–H and O–H groups in total. The molecule has 2 aliphatic rings. The molecule has 112 valence electrons. The summed E-state index contributed by atoms with van der Waals surface area (Å²) in [7, 11) is 0. The molecule has 0 aromatic carbocycles. The molecule has 4 nitrogen and oxygen atoms in total. The summed E-state index contributed by atoms with van der Waals surface area (Å²) in [4.78, 5) is 23.2. The Hall–Kier alpha value is -2.10. The average molecular weight is 288 g/mol. The minimum atomic E-state index is -0.920. The number of carboxylic acids is 1. The van der Waals surface area contributed by atoms with Crippen LogP contribution in [-0.2, 0) is 14.3 Å². The lowest BCUT2D eigenvalue weighted by Gasteiger charge is -2.48. The number of rotatable bonds is 4. The zero-order valence-electron chi connectivity index (χ0n) is 12.1. The highest BCUT2D eigenvalue weighted by Gasteiger charge is 2.50. The third-order valence-electron chi connectivity index (χ3n) is 4.56. The maximum atomic E-state index is 11.7. The zero-order valence-corrected chi connectivity index (χ0v) is 12.1. The van der Waals surface area contributed by atoms with Gasteiger partial charge in [-0.2, -0.15) is 0 Å². The first-order chi connectivity index (χ1) is 9.95. The molecule has 2 rings (SSSR count). The van der Waals surface area contributed by atoms with Crippen LogP contribution in [0.15, 0.2) is 49.1 Å². The number of carboxylic acid groups (broad SMARTS) is 1. The first kappa shape index (κ1) is 15.3. The molecular formula is C17H20O4. The molecule has 1 fully saturated rings. The maximum Gasteiger partial charge on any atom is 0.331 e. The van der Waals surface area contributed by atoms with Crippen LogP contribution >= 0.6 is 0 Å². The van der Waals surface area contributed by atoms with Crippen molar-refractivity contribution >= 4 is 11.9 Å². The van der Waals surface area contributed by atoms with E-state index >= 15 is 0 Å². The summed E-state index contributed by atoms with van der Waals surface area (Å²) in [5.74, 6) is -1.62. The molecular weight excluding hydrogens is 268 g/mol. The van der Waals surface area contributed by atoms with E-state index in [4.69, 9.17) is 4.74 Å². The quantitative estimate of drug-likeness (QED) is 0.491. The van der Waals surface area contributed by atoms with E-state index in [0.717, 1.165) is 12.5 Å². The van der Waals surface area contributed by atoms with Crippen molar-refractivity contribution < 1.29 is 19.4 Å². The summed E-state index contributed by atoms with van der Waals surface area (Å²) in [6.45, 7) is 9.28. The van der Waals surface area contributed by atoms with Crippen LogP contribution in [0.25, 0.3) is 0 Å². The molecule has 4 heteroatoms.